The third kappa shape index (κ3) is 4.06. The van der Waals surface area contributed by atoms with Crippen LogP contribution in [0.2, 0.25) is 0 Å². The van der Waals surface area contributed by atoms with Gasteiger partial charge < -0.3 is 15.3 Å². The number of halogens is 3. The molecule has 1 aliphatic heterocycles. The summed E-state index contributed by atoms with van der Waals surface area (Å²) >= 11 is 0. The fourth-order valence-electron chi connectivity index (χ4n) is 2.14. The Bertz CT molecular complexity index is 562. The topological polar surface area (TPSA) is 95.4 Å². The van der Waals surface area contributed by atoms with Gasteiger partial charge in [0.25, 0.3) is 0 Å². The van der Waals surface area contributed by atoms with Crippen LogP contribution in [0.1, 0.15) is 23.3 Å². The summed E-state index contributed by atoms with van der Waals surface area (Å²) in [5.74, 6) is -1.77. The minimum absolute atomic E-state index is 0.0557. The Labute approximate surface area is 123 Å². The lowest BCUT2D eigenvalue weighted by Crippen LogP contribution is -2.50. The van der Waals surface area contributed by atoms with E-state index in [1.807, 2.05) is 0 Å². The van der Waals surface area contributed by atoms with Crippen LogP contribution < -0.4 is 5.32 Å². The minimum atomic E-state index is -4.44. The highest BCUT2D eigenvalue weighted by molar-refractivity contribution is 5.86. The number of aromatic carboxylic acids is 1. The van der Waals surface area contributed by atoms with Crippen LogP contribution in [0.5, 0.6) is 0 Å². The zero-order chi connectivity index (χ0) is 16.3. The van der Waals surface area contributed by atoms with Crippen molar-refractivity contribution in [3.8, 4) is 0 Å². The summed E-state index contributed by atoms with van der Waals surface area (Å²) in [6.45, 7) is -1.23. The molecule has 2 N–H and O–H groups in total. The van der Waals surface area contributed by atoms with Crippen LogP contribution in [-0.2, 0) is 4.79 Å². The van der Waals surface area contributed by atoms with Crippen molar-refractivity contribution in [2.24, 2.45) is 0 Å². The highest BCUT2D eigenvalue weighted by Crippen LogP contribution is 2.22. The normalized spacial score (nSPS) is 19.1. The molecule has 0 bridgehead atoms. The quantitative estimate of drug-likeness (QED) is 0.864. The Morgan fingerprint density at radius 2 is 2.14 bits per heavy atom. The summed E-state index contributed by atoms with van der Waals surface area (Å²) in [4.78, 5) is 30.8. The zero-order valence-corrected chi connectivity index (χ0v) is 11.3. The van der Waals surface area contributed by atoms with E-state index in [0.717, 1.165) is 17.3 Å². The van der Waals surface area contributed by atoms with Gasteiger partial charge in [-0.1, -0.05) is 0 Å². The molecule has 0 aromatic carbocycles. The summed E-state index contributed by atoms with van der Waals surface area (Å²) in [7, 11) is 0. The van der Waals surface area contributed by atoms with Gasteiger partial charge in [0, 0.05) is 6.54 Å². The number of hydrogen-bond donors (Lipinski definition) is 2. The van der Waals surface area contributed by atoms with Gasteiger partial charge in [0.2, 0.25) is 5.91 Å². The molecule has 1 unspecified atom stereocenters. The standard InChI is InChI=1S/C12H13F3N4O3/c13-12(14,15)6-19-3-1-2-7(10(19)20)18-9-5-16-8(4-17-9)11(21)22/h4-5,7H,1-3,6H2,(H,17,18)(H,21,22). The number of carboxylic acid groups (broad SMARTS) is 1. The molecule has 120 valence electrons. The van der Waals surface area contributed by atoms with Crippen molar-refractivity contribution in [2.45, 2.75) is 25.1 Å². The molecule has 0 saturated carbocycles. The Morgan fingerprint density at radius 3 is 2.68 bits per heavy atom. The number of nitrogens with zero attached hydrogens (tertiary/aromatic N) is 3. The monoisotopic (exact) mass is 318 g/mol. The molecule has 2 heterocycles. The molecule has 1 aromatic rings. The maximum atomic E-state index is 12.4. The van der Waals surface area contributed by atoms with E-state index in [4.69, 9.17) is 5.11 Å². The van der Waals surface area contributed by atoms with Crippen molar-refractivity contribution in [1.29, 1.82) is 0 Å². The van der Waals surface area contributed by atoms with E-state index >= 15 is 0 Å². The molecule has 22 heavy (non-hydrogen) atoms. The van der Waals surface area contributed by atoms with Gasteiger partial charge in [0.15, 0.2) is 5.69 Å². The number of carbonyl (C=O) groups excluding carboxylic acids is 1. The summed E-state index contributed by atoms with van der Waals surface area (Å²) in [5, 5.41) is 11.4. The maximum absolute atomic E-state index is 12.4. The number of likely N-dealkylation sites (tertiary alicyclic amines) is 1. The van der Waals surface area contributed by atoms with Gasteiger partial charge in [-0.3, -0.25) is 4.79 Å². The highest BCUT2D eigenvalue weighted by Gasteiger charge is 2.37. The van der Waals surface area contributed by atoms with Gasteiger partial charge in [-0.2, -0.15) is 13.2 Å². The number of carboxylic acids is 1. The van der Waals surface area contributed by atoms with E-state index in [2.05, 4.69) is 15.3 Å². The molecule has 1 aliphatic rings. The van der Waals surface area contributed by atoms with Crippen LogP contribution in [0.3, 0.4) is 0 Å². The first-order valence-electron chi connectivity index (χ1n) is 6.43. The third-order valence-electron chi connectivity index (χ3n) is 3.09. The number of aromatic nitrogens is 2. The van der Waals surface area contributed by atoms with Gasteiger partial charge in [0.05, 0.1) is 12.4 Å². The first kappa shape index (κ1) is 16.0. The molecule has 1 atom stereocenters. The molecule has 1 amide bonds. The second-order valence-electron chi connectivity index (χ2n) is 4.81. The Balaban J connectivity index is 2.02. The summed E-state index contributed by atoms with van der Waals surface area (Å²) < 4.78 is 37.2. The average molecular weight is 318 g/mol. The lowest BCUT2D eigenvalue weighted by atomic mass is 10.0. The van der Waals surface area contributed by atoms with Crippen molar-refractivity contribution in [3.05, 3.63) is 18.1 Å². The lowest BCUT2D eigenvalue weighted by molar-refractivity contribution is -0.163. The van der Waals surface area contributed by atoms with E-state index in [-0.39, 0.29) is 18.1 Å². The van der Waals surface area contributed by atoms with Crippen molar-refractivity contribution >= 4 is 17.7 Å². The first-order chi connectivity index (χ1) is 10.3. The molecule has 1 aromatic heterocycles. The second-order valence-corrected chi connectivity index (χ2v) is 4.81. The minimum Gasteiger partial charge on any atom is -0.476 e. The Kier molecular flexibility index (Phi) is 4.48. The molecule has 1 saturated heterocycles. The zero-order valence-electron chi connectivity index (χ0n) is 11.3. The maximum Gasteiger partial charge on any atom is 0.406 e. The number of amides is 1. The van der Waals surface area contributed by atoms with Crippen LogP contribution in [0.4, 0.5) is 19.0 Å². The molecular weight excluding hydrogens is 305 g/mol. The number of rotatable bonds is 4. The molecular formula is C12H13F3N4O3. The molecule has 0 spiro atoms. The number of carbonyl (C=O) groups is 2. The Hall–Kier alpha value is -2.39. The largest absolute Gasteiger partial charge is 0.476 e. The van der Waals surface area contributed by atoms with Crippen LogP contribution in [0.25, 0.3) is 0 Å². The molecule has 10 heteroatoms. The number of hydrogen-bond acceptors (Lipinski definition) is 5. The number of piperidine rings is 1. The van der Waals surface area contributed by atoms with Gasteiger partial charge in [-0.15, -0.1) is 0 Å². The highest BCUT2D eigenvalue weighted by atomic mass is 19.4. The smallest absolute Gasteiger partial charge is 0.406 e. The van der Waals surface area contributed by atoms with Crippen molar-refractivity contribution in [2.75, 3.05) is 18.4 Å². The number of alkyl halides is 3. The molecule has 2 rings (SSSR count). The van der Waals surface area contributed by atoms with Crippen LogP contribution in [0, 0.1) is 0 Å². The molecule has 1 fully saturated rings. The summed E-state index contributed by atoms with van der Waals surface area (Å²) in [6, 6.07) is -0.832. The van der Waals surface area contributed by atoms with E-state index in [0.29, 0.717) is 12.8 Å². The molecule has 7 nitrogen and oxygen atoms in total. The number of nitrogens with one attached hydrogen (secondary N) is 1. The fraction of sp³-hybridized carbons (Fsp3) is 0.500. The van der Waals surface area contributed by atoms with Crippen molar-refractivity contribution < 1.29 is 27.9 Å². The average Bonchev–Trinajstić information content (AvgIpc) is 2.42. The van der Waals surface area contributed by atoms with Crippen LogP contribution >= 0.6 is 0 Å². The van der Waals surface area contributed by atoms with E-state index < -0.39 is 30.6 Å². The van der Waals surface area contributed by atoms with Gasteiger partial charge in [0.1, 0.15) is 18.4 Å². The molecule has 0 radical (unpaired) electrons. The summed E-state index contributed by atoms with van der Waals surface area (Å²) in [5.41, 5.74) is -0.265. The predicted octanol–water partition coefficient (Wildman–Crippen LogP) is 1.14. The van der Waals surface area contributed by atoms with Crippen LogP contribution in [-0.4, -0.2) is 57.2 Å². The second kappa shape index (κ2) is 6.16. The first-order valence-corrected chi connectivity index (χ1v) is 6.43. The van der Waals surface area contributed by atoms with Gasteiger partial charge in [-0.05, 0) is 12.8 Å². The van der Waals surface area contributed by atoms with Crippen molar-refractivity contribution in [1.82, 2.24) is 14.9 Å². The SMILES string of the molecule is O=C(O)c1cnc(NC2CCCN(CC(F)(F)F)C2=O)cn1. The van der Waals surface area contributed by atoms with Gasteiger partial charge in [-0.25, -0.2) is 14.8 Å². The van der Waals surface area contributed by atoms with E-state index in [9.17, 15) is 22.8 Å². The van der Waals surface area contributed by atoms with Crippen LogP contribution in [0.15, 0.2) is 12.4 Å². The van der Waals surface area contributed by atoms with Crippen molar-refractivity contribution in [3.63, 3.8) is 0 Å². The molecule has 0 aliphatic carbocycles. The predicted molar refractivity (Wildman–Crippen MR) is 68.3 cm³/mol. The van der Waals surface area contributed by atoms with Gasteiger partial charge >= 0.3 is 12.1 Å². The van der Waals surface area contributed by atoms with E-state index in [1.54, 1.807) is 0 Å². The number of anilines is 1. The fourth-order valence-corrected chi connectivity index (χ4v) is 2.14. The Morgan fingerprint density at radius 1 is 1.41 bits per heavy atom. The lowest BCUT2D eigenvalue weighted by Gasteiger charge is -2.33. The third-order valence-corrected chi connectivity index (χ3v) is 3.09. The summed E-state index contributed by atoms with van der Waals surface area (Å²) in [6.07, 6.45) is -1.51. The van der Waals surface area contributed by atoms with E-state index in [1.165, 1.54) is 0 Å².